The molecule has 1 N–H and O–H groups in total. The lowest BCUT2D eigenvalue weighted by atomic mass is 10.2. The van der Waals surface area contributed by atoms with E-state index in [0.717, 1.165) is 0 Å². The lowest BCUT2D eigenvalue weighted by molar-refractivity contribution is -0.384. The third-order valence-electron chi connectivity index (χ3n) is 3.35. The van der Waals surface area contributed by atoms with Gasteiger partial charge in [0.2, 0.25) is 0 Å². The molecule has 0 radical (unpaired) electrons. The van der Waals surface area contributed by atoms with Crippen molar-refractivity contribution in [3.8, 4) is 5.69 Å². The van der Waals surface area contributed by atoms with Gasteiger partial charge in [0, 0.05) is 24.9 Å². The summed E-state index contributed by atoms with van der Waals surface area (Å²) in [6.07, 6.45) is 2.82. The molecule has 1 aromatic heterocycles. The number of aliphatic carboxylic acids is 1. The van der Waals surface area contributed by atoms with Gasteiger partial charge >= 0.3 is 5.97 Å². The normalized spacial score (nSPS) is 10.7. The maximum Gasteiger partial charge on any atom is 0.323 e. The van der Waals surface area contributed by atoms with Crippen molar-refractivity contribution >= 4 is 17.6 Å². The van der Waals surface area contributed by atoms with Crippen LogP contribution in [0.15, 0.2) is 36.7 Å². The Bertz CT molecular complexity index is 782. The minimum Gasteiger partial charge on any atom is -0.480 e. The van der Waals surface area contributed by atoms with Gasteiger partial charge in [0.05, 0.1) is 22.4 Å². The summed E-state index contributed by atoms with van der Waals surface area (Å²) in [7, 11) is 0. The van der Waals surface area contributed by atoms with E-state index in [9.17, 15) is 19.7 Å². The zero-order valence-corrected chi connectivity index (χ0v) is 13.8. The molecule has 0 aliphatic rings. The highest BCUT2D eigenvalue weighted by Crippen LogP contribution is 2.16. The first-order valence-corrected chi connectivity index (χ1v) is 7.58. The molecule has 2 rings (SSSR count). The zero-order chi connectivity index (χ0) is 18.6. The van der Waals surface area contributed by atoms with Gasteiger partial charge in [0.15, 0.2) is 0 Å². The van der Waals surface area contributed by atoms with Crippen molar-refractivity contribution in [3.63, 3.8) is 0 Å². The Morgan fingerprint density at radius 3 is 2.48 bits per heavy atom. The zero-order valence-electron chi connectivity index (χ0n) is 13.8. The summed E-state index contributed by atoms with van der Waals surface area (Å²) < 4.78 is 1.41. The number of amides is 1. The van der Waals surface area contributed by atoms with Crippen LogP contribution >= 0.6 is 0 Å². The van der Waals surface area contributed by atoms with Gasteiger partial charge in [-0.3, -0.25) is 19.7 Å². The van der Waals surface area contributed by atoms with Gasteiger partial charge in [-0.15, -0.1) is 0 Å². The minimum atomic E-state index is -1.09. The second kappa shape index (κ2) is 7.56. The largest absolute Gasteiger partial charge is 0.480 e. The summed E-state index contributed by atoms with van der Waals surface area (Å²) >= 11 is 0. The number of nitro groups is 1. The van der Waals surface area contributed by atoms with Crippen LogP contribution < -0.4 is 0 Å². The van der Waals surface area contributed by atoms with Crippen molar-refractivity contribution < 1.29 is 19.6 Å². The summed E-state index contributed by atoms with van der Waals surface area (Å²) in [6.45, 7) is 3.71. The van der Waals surface area contributed by atoms with Gasteiger partial charge < -0.3 is 10.0 Å². The third-order valence-corrected chi connectivity index (χ3v) is 3.35. The van der Waals surface area contributed by atoms with Crippen LogP contribution in [0.5, 0.6) is 0 Å². The van der Waals surface area contributed by atoms with Gasteiger partial charge in [-0.05, 0) is 18.1 Å². The SMILES string of the molecule is CC(C)CN(CC(=O)O)C(=O)c1cnn(-c2ccc([N+](=O)[O-])cc2)c1. The smallest absolute Gasteiger partial charge is 0.323 e. The fraction of sp³-hybridized carbons (Fsp3) is 0.312. The van der Waals surface area contributed by atoms with Gasteiger partial charge in [-0.1, -0.05) is 13.8 Å². The number of rotatable bonds is 7. The van der Waals surface area contributed by atoms with Crippen LogP contribution in [0.2, 0.25) is 0 Å². The molecule has 0 aliphatic carbocycles. The number of carbonyl (C=O) groups excluding carboxylic acids is 1. The fourth-order valence-corrected chi connectivity index (χ4v) is 2.31. The van der Waals surface area contributed by atoms with E-state index in [4.69, 9.17) is 5.11 Å². The number of hydrogen-bond donors (Lipinski definition) is 1. The van der Waals surface area contributed by atoms with Crippen LogP contribution in [0, 0.1) is 16.0 Å². The van der Waals surface area contributed by atoms with E-state index in [1.165, 1.54) is 46.2 Å². The standard InChI is InChI=1S/C16H18N4O5/c1-11(2)8-18(10-15(21)22)16(23)12-7-17-19(9-12)13-3-5-14(6-4-13)20(24)25/h3-7,9,11H,8,10H2,1-2H3,(H,21,22). The summed E-state index contributed by atoms with van der Waals surface area (Å²) in [5.41, 5.74) is 0.760. The summed E-state index contributed by atoms with van der Waals surface area (Å²) in [4.78, 5) is 34.9. The van der Waals surface area contributed by atoms with Crippen molar-refractivity contribution in [1.82, 2.24) is 14.7 Å². The Labute approximate surface area is 143 Å². The highest BCUT2D eigenvalue weighted by Gasteiger charge is 2.21. The lowest BCUT2D eigenvalue weighted by Crippen LogP contribution is -2.38. The van der Waals surface area contributed by atoms with E-state index >= 15 is 0 Å². The molecular formula is C16H18N4O5. The van der Waals surface area contributed by atoms with Gasteiger partial charge in [-0.2, -0.15) is 5.10 Å². The predicted molar refractivity (Wildman–Crippen MR) is 88.6 cm³/mol. The quantitative estimate of drug-likeness (QED) is 0.605. The van der Waals surface area contributed by atoms with Crippen LogP contribution in [-0.2, 0) is 4.79 Å². The lowest BCUT2D eigenvalue weighted by Gasteiger charge is -2.21. The first kappa shape index (κ1) is 18.1. The van der Waals surface area contributed by atoms with Crippen molar-refractivity contribution in [3.05, 3.63) is 52.3 Å². The van der Waals surface area contributed by atoms with Crippen LogP contribution in [-0.4, -0.2) is 49.7 Å². The molecule has 1 aromatic carbocycles. The molecule has 0 fully saturated rings. The van der Waals surface area contributed by atoms with Crippen LogP contribution in [0.1, 0.15) is 24.2 Å². The Morgan fingerprint density at radius 2 is 1.96 bits per heavy atom. The van der Waals surface area contributed by atoms with E-state index in [-0.39, 0.29) is 23.7 Å². The minimum absolute atomic E-state index is 0.0447. The van der Waals surface area contributed by atoms with E-state index < -0.39 is 16.8 Å². The number of benzene rings is 1. The number of non-ortho nitro benzene ring substituents is 1. The number of carboxylic acid groups (broad SMARTS) is 1. The summed E-state index contributed by atoms with van der Waals surface area (Å²) in [6, 6.07) is 5.72. The van der Waals surface area contributed by atoms with Crippen LogP contribution in [0.4, 0.5) is 5.69 Å². The second-order valence-electron chi connectivity index (χ2n) is 5.92. The summed E-state index contributed by atoms with van der Waals surface area (Å²) in [5.74, 6) is -1.39. The van der Waals surface area contributed by atoms with Crippen LogP contribution in [0.3, 0.4) is 0 Å². The first-order chi connectivity index (χ1) is 11.8. The van der Waals surface area contributed by atoms with Gasteiger partial charge in [0.1, 0.15) is 6.54 Å². The number of carboxylic acids is 1. The van der Waals surface area contributed by atoms with Crippen LogP contribution in [0.25, 0.3) is 5.69 Å². The van der Waals surface area contributed by atoms with E-state index in [0.29, 0.717) is 12.2 Å². The molecule has 0 aliphatic heterocycles. The number of nitrogens with zero attached hydrogens (tertiary/aromatic N) is 4. The summed E-state index contributed by atoms with van der Waals surface area (Å²) in [5, 5.41) is 23.7. The number of carbonyl (C=O) groups is 2. The molecule has 0 unspecified atom stereocenters. The molecule has 2 aromatic rings. The second-order valence-corrected chi connectivity index (χ2v) is 5.92. The topological polar surface area (TPSA) is 119 Å². The average Bonchev–Trinajstić information content (AvgIpc) is 3.02. The Morgan fingerprint density at radius 1 is 1.32 bits per heavy atom. The molecule has 132 valence electrons. The molecule has 0 spiro atoms. The monoisotopic (exact) mass is 346 g/mol. The van der Waals surface area contributed by atoms with Crippen molar-refractivity contribution in [2.45, 2.75) is 13.8 Å². The Kier molecular flexibility index (Phi) is 5.48. The van der Waals surface area contributed by atoms with E-state index in [2.05, 4.69) is 5.10 Å². The molecule has 0 atom stereocenters. The van der Waals surface area contributed by atoms with Crippen molar-refractivity contribution in [2.75, 3.05) is 13.1 Å². The Balaban J connectivity index is 2.21. The maximum absolute atomic E-state index is 12.5. The predicted octanol–water partition coefficient (Wildman–Crippen LogP) is 1.96. The molecule has 0 bridgehead atoms. The highest BCUT2D eigenvalue weighted by atomic mass is 16.6. The average molecular weight is 346 g/mol. The van der Waals surface area contributed by atoms with E-state index in [1.807, 2.05) is 13.8 Å². The van der Waals surface area contributed by atoms with Gasteiger partial charge in [-0.25, -0.2) is 4.68 Å². The number of aromatic nitrogens is 2. The fourth-order valence-electron chi connectivity index (χ4n) is 2.31. The molecule has 25 heavy (non-hydrogen) atoms. The highest BCUT2D eigenvalue weighted by molar-refractivity contribution is 5.95. The van der Waals surface area contributed by atoms with Crippen molar-refractivity contribution in [1.29, 1.82) is 0 Å². The van der Waals surface area contributed by atoms with Crippen molar-refractivity contribution in [2.24, 2.45) is 5.92 Å². The number of hydrogen-bond acceptors (Lipinski definition) is 5. The molecule has 9 heteroatoms. The molecular weight excluding hydrogens is 328 g/mol. The molecule has 1 heterocycles. The van der Waals surface area contributed by atoms with Gasteiger partial charge in [0.25, 0.3) is 11.6 Å². The number of nitro benzene ring substituents is 1. The maximum atomic E-state index is 12.5. The third kappa shape index (κ3) is 4.63. The first-order valence-electron chi connectivity index (χ1n) is 7.58. The Hall–Kier alpha value is -3.23. The van der Waals surface area contributed by atoms with E-state index in [1.54, 1.807) is 0 Å². The molecule has 1 amide bonds. The molecule has 0 saturated carbocycles. The molecule has 0 saturated heterocycles. The molecule has 9 nitrogen and oxygen atoms in total.